The second-order valence-corrected chi connectivity index (χ2v) is 3.57. The molecule has 0 saturated carbocycles. The van der Waals surface area contributed by atoms with Gasteiger partial charge >= 0.3 is 0 Å². The fourth-order valence-electron chi connectivity index (χ4n) is 1.00. The van der Waals surface area contributed by atoms with Gasteiger partial charge in [0.25, 0.3) is 0 Å². The van der Waals surface area contributed by atoms with Gasteiger partial charge in [-0.15, -0.1) is 0 Å². The minimum Gasteiger partial charge on any atom is -0.392 e. The summed E-state index contributed by atoms with van der Waals surface area (Å²) in [6, 6.07) is 0. The van der Waals surface area contributed by atoms with Crippen molar-refractivity contribution in [1.82, 2.24) is 4.90 Å². The standard InChI is InChI=1S/C9H21NO/c1-5-6-10(4)7-9(11)8(2)3/h8-9,11H,5-7H2,1-4H3. The molecule has 0 spiro atoms. The van der Waals surface area contributed by atoms with Crippen molar-refractivity contribution in [3.8, 4) is 0 Å². The summed E-state index contributed by atoms with van der Waals surface area (Å²) < 4.78 is 0. The van der Waals surface area contributed by atoms with Gasteiger partial charge in [-0.1, -0.05) is 20.8 Å². The zero-order valence-corrected chi connectivity index (χ0v) is 8.17. The van der Waals surface area contributed by atoms with E-state index >= 15 is 0 Å². The van der Waals surface area contributed by atoms with Gasteiger partial charge in [0.15, 0.2) is 0 Å². The van der Waals surface area contributed by atoms with Crippen molar-refractivity contribution in [2.45, 2.75) is 33.3 Å². The Bertz CT molecular complexity index is 93.6. The third-order valence-electron chi connectivity index (χ3n) is 1.87. The number of nitrogens with zero attached hydrogens (tertiary/aromatic N) is 1. The van der Waals surface area contributed by atoms with E-state index in [0.717, 1.165) is 19.5 Å². The molecule has 1 atom stereocenters. The lowest BCUT2D eigenvalue weighted by Crippen LogP contribution is -2.32. The third kappa shape index (κ3) is 5.22. The highest BCUT2D eigenvalue weighted by molar-refractivity contribution is 4.63. The van der Waals surface area contributed by atoms with Crippen molar-refractivity contribution in [1.29, 1.82) is 0 Å². The number of aliphatic hydroxyl groups excluding tert-OH is 1. The van der Waals surface area contributed by atoms with Crippen LogP contribution in [0.3, 0.4) is 0 Å². The Labute approximate surface area is 70.2 Å². The fourth-order valence-corrected chi connectivity index (χ4v) is 1.00. The molecule has 0 radical (unpaired) electrons. The molecule has 1 N–H and O–H groups in total. The highest BCUT2D eigenvalue weighted by Crippen LogP contribution is 2.02. The molecule has 0 aliphatic rings. The normalized spacial score (nSPS) is 14.5. The SMILES string of the molecule is CCCN(C)CC(O)C(C)C. The van der Waals surface area contributed by atoms with E-state index in [4.69, 9.17) is 0 Å². The molecule has 0 rings (SSSR count). The number of aliphatic hydroxyl groups is 1. The van der Waals surface area contributed by atoms with E-state index in [9.17, 15) is 5.11 Å². The first kappa shape index (κ1) is 10.9. The summed E-state index contributed by atoms with van der Waals surface area (Å²) in [5, 5.41) is 9.48. The Kier molecular flexibility index (Phi) is 5.51. The van der Waals surface area contributed by atoms with E-state index in [0.29, 0.717) is 5.92 Å². The van der Waals surface area contributed by atoms with Gasteiger partial charge in [0, 0.05) is 6.54 Å². The van der Waals surface area contributed by atoms with Gasteiger partial charge in [-0.05, 0) is 25.9 Å². The maximum Gasteiger partial charge on any atom is 0.0689 e. The zero-order valence-electron chi connectivity index (χ0n) is 8.17. The molecule has 0 amide bonds. The topological polar surface area (TPSA) is 23.5 Å². The van der Waals surface area contributed by atoms with E-state index in [2.05, 4.69) is 18.9 Å². The monoisotopic (exact) mass is 159 g/mol. The first-order valence-electron chi connectivity index (χ1n) is 4.44. The van der Waals surface area contributed by atoms with Crippen LogP contribution in [0.15, 0.2) is 0 Å². The molecule has 0 aromatic carbocycles. The quantitative estimate of drug-likeness (QED) is 0.654. The van der Waals surface area contributed by atoms with E-state index in [1.165, 1.54) is 0 Å². The first-order valence-corrected chi connectivity index (χ1v) is 4.44. The van der Waals surface area contributed by atoms with E-state index in [1.807, 2.05) is 13.8 Å². The molecule has 68 valence electrons. The summed E-state index contributed by atoms with van der Waals surface area (Å²) in [6.07, 6.45) is 0.980. The fraction of sp³-hybridized carbons (Fsp3) is 1.00. The lowest BCUT2D eigenvalue weighted by atomic mass is 10.1. The van der Waals surface area contributed by atoms with E-state index in [1.54, 1.807) is 0 Å². The van der Waals surface area contributed by atoms with Crippen molar-refractivity contribution in [3.63, 3.8) is 0 Å². The third-order valence-corrected chi connectivity index (χ3v) is 1.87. The predicted octanol–water partition coefficient (Wildman–Crippen LogP) is 1.35. The van der Waals surface area contributed by atoms with E-state index < -0.39 is 0 Å². The summed E-state index contributed by atoms with van der Waals surface area (Å²) in [5.74, 6) is 0.370. The summed E-state index contributed by atoms with van der Waals surface area (Å²) in [7, 11) is 2.05. The minimum atomic E-state index is -0.174. The second kappa shape index (κ2) is 5.56. The van der Waals surface area contributed by atoms with Gasteiger partial charge in [0.1, 0.15) is 0 Å². The smallest absolute Gasteiger partial charge is 0.0689 e. The van der Waals surface area contributed by atoms with Crippen molar-refractivity contribution in [2.24, 2.45) is 5.92 Å². The van der Waals surface area contributed by atoms with Crippen molar-refractivity contribution in [3.05, 3.63) is 0 Å². The summed E-state index contributed by atoms with van der Waals surface area (Å²) in [4.78, 5) is 2.17. The molecule has 0 bridgehead atoms. The maximum atomic E-state index is 9.48. The molecule has 0 fully saturated rings. The Morgan fingerprint density at radius 2 is 1.91 bits per heavy atom. The minimum absolute atomic E-state index is 0.174. The predicted molar refractivity (Wildman–Crippen MR) is 48.6 cm³/mol. The van der Waals surface area contributed by atoms with Crippen molar-refractivity contribution < 1.29 is 5.11 Å². The molecule has 2 heteroatoms. The van der Waals surface area contributed by atoms with Crippen LogP contribution in [0.1, 0.15) is 27.2 Å². The Morgan fingerprint density at radius 3 is 2.27 bits per heavy atom. The van der Waals surface area contributed by atoms with Crippen LogP contribution in [0.25, 0.3) is 0 Å². The van der Waals surface area contributed by atoms with Gasteiger partial charge in [0.2, 0.25) is 0 Å². The Balaban J connectivity index is 3.48. The van der Waals surface area contributed by atoms with Crippen LogP contribution in [-0.4, -0.2) is 36.2 Å². The summed E-state index contributed by atoms with van der Waals surface area (Å²) in [6.45, 7) is 8.11. The van der Waals surface area contributed by atoms with E-state index in [-0.39, 0.29) is 6.10 Å². The van der Waals surface area contributed by atoms with Crippen LogP contribution < -0.4 is 0 Å². The molecule has 0 heterocycles. The van der Waals surface area contributed by atoms with Crippen LogP contribution in [0.4, 0.5) is 0 Å². The lowest BCUT2D eigenvalue weighted by molar-refractivity contribution is 0.0863. The average Bonchev–Trinajstić information content (AvgIpc) is 1.87. The molecule has 11 heavy (non-hydrogen) atoms. The van der Waals surface area contributed by atoms with Gasteiger partial charge in [-0.25, -0.2) is 0 Å². The molecule has 0 aromatic rings. The molecule has 0 aliphatic heterocycles. The molecule has 0 aromatic heterocycles. The molecular formula is C9H21NO. The number of hydrogen-bond donors (Lipinski definition) is 1. The molecule has 0 saturated heterocycles. The second-order valence-electron chi connectivity index (χ2n) is 3.57. The van der Waals surface area contributed by atoms with Gasteiger partial charge < -0.3 is 10.0 Å². The van der Waals surface area contributed by atoms with Crippen molar-refractivity contribution >= 4 is 0 Å². The molecule has 2 nitrogen and oxygen atoms in total. The Hall–Kier alpha value is -0.0800. The highest BCUT2D eigenvalue weighted by atomic mass is 16.3. The van der Waals surface area contributed by atoms with Crippen LogP contribution in [-0.2, 0) is 0 Å². The molecule has 1 unspecified atom stereocenters. The lowest BCUT2D eigenvalue weighted by Gasteiger charge is -2.21. The largest absolute Gasteiger partial charge is 0.392 e. The van der Waals surface area contributed by atoms with Gasteiger partial charge in [-0.3, -0.25) is 0 Å². The summed E-state index contributed by atoms with van der Waals surface area (Å²) in [5.41, 5.74) is 0. The zero-order chi connectivity index (χ0) is 8.85. The molecule has 0 aliphatic carbocycles. The maximum absolute atomic E-state index is 9.48. The number of likely N-dealkylation sites (N-methyl/N-ethyl adjacent to an activating group) is 1. The Morgan fingerprint density at radius 1 is 1.36 bits per heavy atom. The first-order chi connectivity index (χ1) is 5.07. The van der Waals surface area contributed by atoms with Crippen LogP contribution in [0.5, 0.6) is 0 Å². The summed E-state index contributed by atoms with van der Waals surface area (Å²) >= 11 is 0. The highest BCUT2D eigenvalue weighted by Gasteiger charge is 2.10. The molecular weight excluding hydrogens is 138 g/mol. The van der Waals surface area contributed by atoms with Crippen LogP contribution in [0.2, 0.25) is 0 Å². The number of rotatable bonds is 5. The average molecular weight is 159 g/mol. The number of hydrogen-bond acceptors (Lipinski definition) is 2. The van der Waals surface area contributed by atoms with Crippen LogP contribution in [0, 0.1) is 5.92 Å². The van der Waals surface area contributed by atoms with Crippen LogP contribution >= 0.6 is 0 Å². The van der Waals surface area contributed by atoms with Gasteiger partial charge in [-0.2, -0.15) is 0 Å². The van der Waals surface area contributed by atoms with Crippen molar-refractivity contribution in [2.75, 3.05) is 20.1 Å². The van der Waals surface area contributed by atoms with Gasteiger partial charge in [0.05, 0.1) is 6.10 Å².